The van der Waals surface area contributed by atoms with E-state index < -0.39 is 5.82 Å². The average Bonchev–Trinajstić information content (AvgIpc) is 2.50. The van der Waals surface area contributed by atoms with Gasteiger partial charge in [0.25, 0.3) is 5.91 Å². The zero-order valence-corrected chi connectivity index (χ0v) is 13.8. The fourth-order valence-electron chi connectivity index (χ4n) is 2.26. The summed E-state index contributed by atoms with van der Waals surface area (Å²) in [7, 11) is 3.51. The zero-order chi connectivity index (χ0) is 16.8. The van der Waals surface area contributed by atoms with E-state index in [2.05, 4.69) is 5.32 Å². The third kappa shape index (κ3) is 5.23. The number of halogens is 2. The molecule has 2 N–H and O–H groups in total. The average molecular weight is 338 g/mol. The molecule has 2 aromatic carbocycles. The second-order valence-electron chi connectivity index (χ2n) is 5.33. The smallest absolute Gasteiger partial charge is 0.279 e. The molecule has 0 aromatic heterocycles. The summed E-state index contributed by atoms with van der Waals surface area (Å²) in [6.07, 6.45) is 0. The van der Waals surface area contributed by atoms with Gasteiger partial charge in [-0.2, -0.15) is 0 Å². The van der Waals surface area contributed by atoms with Crippen molar-refractivity contribution in [1.29, 1.82) is 0 Å². The molecule has 0 aliphatic rings. The van der Waals surface area contributed by atoms with Crippen LogP contribution in [0.25, 0.3) is 0 Å². The van der Waals surface area contributed by atoms with Crippen LogP contribution in [0.5, 0.6) is 5.75 Å². The normalized spacial score (nSPS) is 11.8. The first-order valence-corrected chi connectivity index (χ1v) is 7.55. The number of likely N-dealkylation sites (N-methyl/N-ethyl adjacent to an activating group) is 1. The van der Waals surface area contributed by atoms with Gasteiger partial charge in [-0.3, -0.25) is 4.79 Å². The minimum absolute atomic E-state index is 0.0941. The minimum Gasteiger partial charge on any atom is -0.497 e. The highest BCUT2D eigenvalue weighted by Crippen LogP contribution is 2.19. The number of hydrogen-bond acceptors (Lipinski definition) is 2. The molecule has 1 unspecified atom stereocenters. The van der Waals surface area contributed by atoms with Crippen molar-refractivity contribution < 1.29 is 18.8 Å². The Kier molecular flexibility index (Phi) is 5.96. The number of rotatable bonds is 6. The Morgan fingerprint density at radius 3 is 2.83 bits per heavy atom. The number of hydrogen-bond donors (Lipinski definition) is 2. The number of quaternary nitrogens is 1. The van der Waals surface area contributed by atoms with Crippen molar-refractivity contribution in [3.05, 3.63) is 58.9 Å². The Hall–Kier alpha value is -2.11. The summed E-state index contributed by atoms with van der Waals surface area (Å²) in [6, 6.07) is 11.7. The second-order valence-corrected chi connectivity index (χ2v) is 5.77. The fraction of sp³-hybridized carbons (Fsp3) is 0.235. The van der Waals surface area contributed by atoms with Gasteiger partial charge in [0.15, 0.2) is 6.54 Å². The molecule has 0 aliphatic carbocycles. The SMILES string of the molecule is COc1cccc(C[NH+](C)CC(=O)Nc2cc(Cl)ccc2F)c1. The quantitative estimate of drug-likeness (QED) is 0.848. The summed E-state index contributed by atoms with van der Waals surface area (Å²) < 4.78 is 18.8. The molecule has 0 heterocycles. The van der Waals surface area contributed by atoms with E-state index >= 15 is 0 Å². The van der Waals surface area contributed by atoms with Crippen molar-refractivity contribution in [3.63, 3.8) is 0 Å². The molecule has 0 saturated heterocycles. The summed E-state index contributed by atoms with van der Waals surface area (Å²) in [4.78, 5) is 13.0. The maximum Gasteiger partial charge on any atom is 0.279 e. The van der Waals surface area contributed by atoms with Crippen molar-refractivity contribution in [2.24, 2.45) is 0 Å². The van der Waals surface area contributed by atoms with Crippen LogP contribution in [0.3, 0.4) is 0 Å². The van der Waals surface area contributed by atoms with Gasteiger partial charge in [-0.1, -0.05) is 23.7 Å². The molecule has 0 spiro atoms. The predicted molar refractivity (Wildman–Crippen MR) is 88.5 cm³/mol. The van der Waals surface area contributed by atoms with Crippen molar-refractivity contribution in [1.82, 2.24) is 0 Å². The van der Waals surface area contributed by atoms with Gasteiger partial charge in [-0.15, -0.1) is 0 Å². The summed E-state index contributed by atoms with van der Waals surface area (Å²) in [6.45, 7) is 0.867. The maximum atomic E-state index is 13.6. The molecule has 0 saturated carbocycles. The second kappa shape index (κ2) is 7.94. The van der Waals surface area contributed by atoms with E-state index in [9.17, 15) is 9.18 Å². The Morgan fingerprint density at radius 1 is 1.30 bits per heavy atom. The van der Waals surface area contributed by atoms with Crippen LogP contribution in [0, 0.1) is 5.82 Å². The van der Waals surface area contributed by atoms with Crippen LogP contribution in [0.1, 0.15) is 5.56 Å². The molecule has 0 radical (unpaired) electrons. The Morgan fingerprint density at radius 2 is 2.09 bits per heavy atom. The van der Waals surface area contributed by atoms with E-state index in [-0.39, 0.29) is 18.1 Å². The van der Waals surface area contributed by atoms with E-state index in [4.69, 9.17) is 16.3 Å². The lowest BCUT2D eigenvalue weighted by atomic mass is 10.2. The standard InChI is InChI=1S/C17H18ClFN2O2/c1-21(10-12-4-3-5-14(8-12)23-2)11-17(22)20-16-9-13(18)6-7-15(16)19/h3-9H,10-11H2,1-2H3,(H,20,22)/p+1. The van der Waals surface area contributed by atoms with Crippen LogP contribution in [-0.4, -0.2) is 26.6 Å². The van der Waals surface area contributed by atoms with Crippen LogP contribution in [-0.2, 0) is 11.3 Å². The van der Waals surface area contributed by atoms with Gasteiger partial charge in [0.2, 0.25) is 0 Å². The van der Waals surface area contributed by atoms with E-state index in [0.717, 1.165) is 16.2 Å². The molecule has 122 valence electrons. The Balaban J connectivity index is 1.92. The number of amides is 1. The van der Waals surface area contributed by atoms with Crippen molar-refractivity contribution >= 4 is 23.2 Å². The van der Waals surface area contributed by atoms with Gasteiger partial charge in [-0.25, -0.2) is 4.39 Å². The van der Waals surface area contributed by atoms with Gasteiger partial charge >= 0.3 is 0 Å². The number of carbonyl (C=O) groups is 1. The molecular weight excluding hydrogens is 319 g/mol. The summed E-state index contributed by atoms with van der Waals surface area (Å²) >= 11 is 5.81. The van der Waals surface area contributed by atoms with Crippen molar-refractivity contribution in [3.8, 4) is 5.75 Å². The van der Waals surface area contributed by atoms with E-state index in [1.807, 2.05) is 31.3 Å². The minimum atomic E-state index is -0.506. The summed E-state index contributed by atoms with van der Waals surface area (Å²) in [5.41, 5.74) is 1.15. The monoisotopic (exact) mass is 337 g/mol. The number of benzene rings is 2. The van der Waals surface area contributed by atoms with Crippen molar-refractivity contribution in [2.75, 3.05) is 26.0 Å². The first-order chi connectivity index (χ1) is 11.0. The predicted octanol–water partition coefficient (Wildman–Crippen LogP) is 2.14. The molecule has 0 bridgehead atoms. The summed E-state index contributed by atoms with van der Waals surface area (Å²) in [5.74, 6) is 0.000474. The molecule has 2 rings (SSSR count). The number of ether oxygens (including phenoxy) is 1. The maximum absolute atomic E-state index is 13.6. The molecule has 0 fully saturated rings. The molecule has 2 aromatic rings. The molecule has 1 amide bonds. The van der Waals surface area contributed by atoms with Gasteiger partial charge < -0.3 is 15.0 Å². The van der Waals surface area contributed by atoms with Gasteiger partial charge in [0.05, 0.1) is 19.8 Å². The van der Waals surface area contributed by atoms with Gasteiger partial charge in [0, 0.05) is 10.6 Å². The fourth-order valence-corrected chi connectivity index (χ4v) is 2.43. The van der Waals surface area contributed by atoms with Crippen LogP contribution in [0.15, 0.2) is 42.5 Å². The molecular formula is C17H19ClFN2O2+. The molecule has 1 atom stereocenters. The number of nitrogens with one attached hydrogen (secondary N) is 2. The molecule has 0 aliphatic heterocycles. The van der Waals surface area contributed by atoms with Crippen LogP contribution >= 0.6 is 11.6 Å². The summed E-state index contributed by atoms with van der Waals surface area (Å²) in [5, 5.41) is 2.92. The highest BCUT2D eigenvalue weighted by molar-refractivity contribution is 6.30. The van der Waals surface area contributed by atoms with E-state index in [1.54, 1.807) is 7.11 Å². The zero-order valence-electron chi connectivity index (χ0n) is 13.0. The number of anilines is 1. The number of methoxy groups -OCH3 is 1. The van der Waals surface area contributed by atoms with Crippen molar-refractivity contribution in [2.45, 2.75) is 6.54 Å². The lowest BCUT2D eigenvalue weighted by molar-refractivity contribution is -0.885. The van der Waals surface area contributed by atoms with Crippen LogP contribution < -0.4 is 15.0 Å². The Bertz CT molecular complexity index is 694. The van der Waals surface area contributed by atoms with Crippen LogP contribution in [0.2, 0.25) is 5.02 Å². The largest absolute Gasteiger partial charge is 0.497 e. The van der Waals surface area contributed by atoms with Gasteiger partial charge in [-0.05, 0) is 30.3 Å². The first-order valence-electron chi connectivity index (χ1n) is 7.17. The van der Waals surface area contributed by atoms with Crippen LogP contribution in [0.4, 0.5) is 10.1 Å². The molecule has 23 heavy (non-hydrogen) atoms. The van der Waals surface area contributed by atoms with E-state index in [1.165, 1.54) is 18.2 Å². The lowest BCUT2D eigenvalue weighted by Gasteiger charge is -2.14. The lowest BCUT2D eigenvalue weighted by Crippen LogP contribution is -3.08. The third-order valence-electron chi connectivity index (χ3n) is 3.30. The number of carbonyl (C=O) groups excluding carboxylic acids is 1. The van der Waals surface area contributed by atoms with Gasteiger partial charge in [0.1, 0.15) is 18.1 Å². The molecule has 4 nitrogen and oxygen atoms in total. The topological polar surface area (TPSA) is 42.8 Å². The highest BCUT2D eigenvalue weighted by Gasteiger charge is 2.13. The van der Waals surface area contributed by atoms with E-state index in [0.29, 0.717) is 11.6 Å². The highest BCUT2D eigenvalue weighted by atomic mass is 35.5. The Labute approximate surface area is 139 Å². The molecule has 6 heteroatoms. The third-order valence-corrected chi connectivity index (χ3v) is 3.54. The first kappa shape index (κ1) is 17.2.